The first-order valence-electron chi connectivity index (χ1n) is 6.81. The first-order valence-corrected chi connectivity index (χ1v) is 6.81. The van der Waals surface area contributed by atoms with Crippen LogP contribution >= 0.6 is 0 Å². The van der Waals surface area contributed by atoms with Gasteiger partial charge < -0.3 is 10.6 Å². The standard InChI is InChI=1S/C16H26N2O/c1-12(16(2,3)4)9-15(19)18(5)14-8-6-7-13(10-14)11-17/h6-8,10,12H,9,11,17H2,1-5H3. The lowest BCUT2D eigenvalue weighted by molar-refractivity contribution is -0.119. The molecule has 0 aliphatic rings. The van der Waals surface area contributed by atoms with Crippen LogP contribution in [0.4, 0.5) is 5.69 Å². The smallest absolute Gasteiger partial charge is 0.227 e. The molecule has 0 radical (unpaired) electrons. The van der Waals surface area contributed by atoms with E-state index in [0.29, 0.717) is 18.9 Å². The molecule has 1 atom stereocenters. The van der Waals surface area contributed by atoms with E-state index in [0.717, 1.165) is 11.3 Å². The van der Waals surface area contributed by atoms with E-state index in [1.807, 2.05) is 31.3 Å². The van der Waals surface area contributed by atoms with Crippen LogP contribution in [0.2, 0.25) is 0 Å². The second-order valence-corrected chi connectivity index (χ2v) is 6.30. The van der Waals surface area contributed by atoms with Gasteiger partial charge in [-0.25, -0.2) is 0 Å². The van der Waals surface area contributed by atoms with Gasteiger partial charge in [-0.2, -0.15) is 0 Å². The predicted octanol–water partition coefficient (Wildman–Crippen LogP) is 3.18. The Labute approximate surface area is 116 Å². The molecule has 0 fully saturated rings. The van der Waals surface area contributed by atoms with Gasteiger partial charge in [0.1, 0.15) is 0 Å². The van der Waals surface area contributed by atoms with Crippen molar-refractivity contribution in [3.05, 3.63) is 29.8 Å². The lowest BCUT2D eigenvalue weighted by atomic mass is 9.80. The summed E-state index contributed by atoms with van der Waals surface area (Å²) in [5, 5.41) is 0. The number of anilines is 1. The number of amides is 1. The van der Waals surface area contributed by atoms with Crippen LogP contribution in [0.1, 0.15) is 39.7 Å². The van der Waals surface area contributed by atoms with E-state index in [4.69, 9.17) is 5.73 Å². The molecule has 0 aliphatic carbocycles. The van der Waals surface area contributed by atoms with Crippen LogP contribution < -0.4 is 10.6 Å². The van der Waals surface area contributed by atoms with Gasteiger partial charge in [-0.1, -0.05) is 39.8 Å². The number of hydrogen-bond donors (Lipinski definition) is 1. The molecule has 0 bridgehead atoms. The van der Waals surface area contributed by atoms with Crippen molar-refractivity contribution in [2.75, 3.05) is 11.9 Å². The molecule has 0 saturated carbocycles. The lowest BCUT2D eigenvalue weighted by Crippen LogP contribution is -2.31. The van der Waals surface area contributed by atoms with Gasteiger partial charge in [-0.05, 0) is 29.0 Å². The van der Waals surface area contributed by atoms with Crippen LogP contribution in [0, 0.1) is 11.3 Å². The maximum absolute atomic E-state index is 12.3. The van der Waals surface area contributed by atoms with Crippen LogP contribution in [0.15, 0.2) is 24.3 Å². The highest BCUT2D eigenvalue weighted by atomic mass is 16.2. The number of nitrogens with two attached hydrogens (primary N) is 1. The second kappa shape index (κ2) is 6.20. The maximum atomic E-state index is 12.3. The molecule has 0 aromatic heterocycles. The molecule has 1 aromatic rings. The monoisotopic (exact) mass is 262 g/mol. The molecule has 2 N–H and O–H groups in total. The van der Waals surface area contributed by atoms with Crippen molar-refractivity contribution < 1.29 is 4.79 Å². The first-order chi connectivity index (χ1) is 8.75. The highest BCUT2D eigenvalue weighted by Crippen LogP contribution is 2.29. The molecule has 0 heterocycles. The minimum Gasteiger partial charge on any atom is -0.326 e. The molecular formula is C16H26N2O. The molecule has 106 valence electrons. The third-order valence-corrected chi connectivity index (χ3v) is 3.87. The van der Waals surface area contributed by atoms with E-state index >= 15 is 0 Å². The average Bonchev–Trinajstić information content (AvgIpc) is 2.36. The van der Waals surface area contributed by atoms with E-state index in [-0.39, 0.29) is 11.3 Å². The van der Waals surface area contributed by atoms with Gasteiger partial charge in [0.15, 0.2) is 0 Å². The summed E-state index contributed by atoms with van der Waals surface area (Å²) in [5.41, 5.74) is 7.73. The third kappa shape index (κ3) is 4.35. The van der Waals surface area contributed by atoms with Crippen LogP contribution in [0.25, 0.3) is 0 Å². The van der Waals surface area contributed by atoms with Crippen molar-refractivity contribution in [2.24, 2.45) is 17.1 Å². The first kappa shape index (κ1) is 15.7. The normalized spacial score (nSPS) is 13.2. The molecule has 1 unspecified atom stereocenters. The van der Waals surface area contributed by atoms with Gasteiger partial charge >= 0.3 is 0 Å². The Bertz CT molecular complexity index is 435. The van der Waals surface area contributed by atoms with Gasteiger partial charge in [0, 0.05) is 25.7 Å². The highest BCUT2D eigenvalue weighted by molar-refractivity contribution is 5.93. The predicted molar refractivity (Wildman–Crippen MR) is 81.0 cm³/mol. The van der Waals surface area contributed by atoms with Crippen LogP contribution in [-0.4, -0.2) is 13.0 Å². The highest BCUT2D eigenvalue weighted by Gasteiger charge is 2.24. The number of nitrogens with zero attached hydrogens (tertiary/aromatic N) is 1. The summed E-state index contributed by atoms with van der Waals surface area (Å²) >= 11 is 0. The summed E-state index contributed by atoms with van der Waals surface area (Å²) in [6.45, 7) is 9.12. The summed E-state index contributed by atoms with van der Waals surface area (Å²) in [4.78, 5) is 14.0. The summed E-state index contributed by atoms with van der Waals surface area (Å²) < 4.78 is 0. The van der Waals surface area contributed by atoms with E-state index in [9.17, 15) is 4.79 Å². The van der Waals surface area contributed by atoms with E-state index in [1.165, 1.54) is 0 Å². The number of hydrogen-bond acceptors (Lipinski definition) is 2. The van der Waals surface area contributed by atoms with Gasteiger partial charge in [0.05, 0.1) is 0 Å². The Kier molecular flexibility index (Phi) is 5.12. The molecule has 0 aliphatic heterocycles. The maximum Gasteiger partial charge on any atom is 0.227 e. The zero-order valence-electron chi connectivity index (χ0n) is 12.7. The lowest BCUT2D eigenvalue weighted by Gasteiger charge is -2.28. The van der Waals surface area contributed by atoms with Gasteiger partial charge in [-0.3, -0.25) is 4.79 Å². The van der Waals surface area contributed by atoms with Gasteiger partial charge in [0.2, 0.25) is 5.91 Å². The average molecular weight is 262 g/mol. The number of rotatable bonds is 4. The van der Waals surface area contributed by atoms with E-state index < -0.39 is 0 Å². The second-order valence-electron chi connectivity index (χ2n) is 6.30. The van der Waals surface area contributed by atoms with Crippen molar-refractivity contribution in [1.29, 1.82) is 0 Å². The topological polar surface area (TPSA) is 46.3 Å². The minimum atomic E-state index is 0.148. The summed E-state index contributed by atoms with van der Waals surface area (Å²) in [7, 11) is 1.83. The Balaban J connectivity index is 2.76. The Morgan fingerprint density at radius 2 is 2.00 bits per heavy atom. The van der Waals surface area contributed by atoms with Gasteiger partial charge in [0.25, 0.3) is 0 Å². The van der Waals surface area contributed by atoms with Crippen molar-refractivity contribution in [2.45, 2.75) is 40.7 Å². The van der Waals surface area contributed by atoms with Crippen LogP contribution in [0.5, 0.6) is 0 Å². The number of carbonyl (C=O) groups is 1. The van der Waals surface area contributed by atoms with E-state index in [1.54, 1.807) is 4.90 Å². The largest absolute Gasteiger partial charge is 0.326 e. The fourth-order valence-electron chi connectivity index (χ4n) is 1.74. The van der Waals surface area contributed by atoms with Crippen molar-refractivity contribution >= 4 is 11.6 Å². The zero-order chi connectivity index (χ0) is 14.6. The Morgan fingerprint density at radius 3 is 2.53 bits per heavy atom. The van der Waals surface area contributed by atoms with Crippen molar-refractivity contribution in [3.8, 4) is 0 Å². The zero-order valence-corrected chi connectivity index (χ0v) is 12.7. The molecule has 1 rings (SSSR count). The number of benzene rings is 1. The van der Waals surface area contributed by atoms with Crippen LogP contribution in [-0.2, 0) is 11.3 Å². The summed E-state index contributed by atoms with van der Waals surface area (Å²) in [5.74, 6) is 0.497. The molecule has 0 saturated heterocycles. The molecule has 1 aromatic carbocycles. The van der Waals surface area contributed by atoms with Crippen molar-refractivity contribution in [3.63, 3.8) is 0 Å². The quantitative estimate of drug-likeness (QED) is 0.906. The fraction of sp³-hybridized carbons (Fsp3) is 0.562. The van der Waals surface area contributed by atoms with E-state index in [2.05, 4.69) is 27.7 Å². The Morgan fingerprint density at radius 1 is 1.37 bits per heavy atom. The molecule has 0 spiro atoms. The van der Waals surface area contributed by atoms with Crippen molar-refractivity contribution in [1.82, 2.24) is 0 Å². The summed E-state index contributed by atoms with van der Waals surface area (Å²) in [6, 6.07) is 7.83. The fourth-order valence-corrected chi connectivity index (χ4v) is 1.74. The molecule has 1 amide bonds. The molecule has 3 nitrogen and oxygen atoms in total. The molecular weight excluding hydrogens is 236 g/mol. The van der Waals surface area contributed by atoms with Gasteiger partial charge in [-0.15, -0.1) is 0 Å². The molecule has 3 heteroatoms. The summed E-state index contributed by atoms with van der Waals surface area (Å²) in [6.07, 6.45) is 0.562. The minimum absolute atomic E-state index is 0.148. The van der Waals surface area contributed by atoms with Crippen LogP contribution in [0.3, 0.4) is 0 Å². The Hall–Kier alpha value is -1.35. The SMILES string of the molecule is CC(CC(=O)N(C)c1cccc(CN)c1)C(C)(C)C. The molecule has 19 heavy (non-hydrogen) atoms. The number of carbonyl (C=O) groups excluding carboxylic acids is 1. The third-order valence-electron chi connectivity index (χ3n) is 3.87.